The summed E-state index contributed by atoms with van der Waals surface area (Å²) in [7, 11) is 0. The summed E-state index contributed by atoms with van der Waals surface area (Å²) in [6.45, 7) is 2.58. The minimum absolute atomic E-state index is 0.0310. The lowest BCUT2D eigenvalue weighted by Crippen LogP contribution is -2.50. The summed E-state index contributed by atoms with van der Waals surface area (Å²) in [4.78, 5) is 24.5. The summed E-state index contributed by atoms with van der Waals surface area (Å²) in [5, 5.41) is 8.87. The second-order valence-electron chi connectivity index (χ2n) is 5.34. The van der Waals surface area contributed by atoms with Crippen molar-refractivity contribution in [3.05, 3.63) is 48.3 Å². The van der Waals surface area contributed by atoms with E-state index in [1.807, 2.05) is 6.07 Å². The smallest absolute Gasteiger partial charge is 0.260 e. The van der Waals surface area contributed by atoms with Gasteiger partial charge < -0.3 is 14.5 Å². The zero-order valence-corrected chi connectivity index (χ0v) is 13.1. The van der Waals surface area contributed by atoms with Gasteiger partial charge in [0.05, 0.1) is 11.6 Å². The monoisotopic (exact) mass is 323 g/mol. The summed E-state index contributed by atoms with van der Waals surface area (Å²) in [5.74, 6) is 1.15. The second-order valence-corrected chi connectivity index (χ2v) is 5.34. The molecular formula is C17H17N5O2. The molecule has 7 nitrogen and oxygen atoms in total. The summed E-state index contributed by atoms with van der Waals surface area (Å²) >= 11 is 0. The Labute approximate surface area is 140 Å². The Morgan fingerprint density at radius 3 is 2.62 bits per heavy atom. The van der Waals surface area contributed by atoms with Crippen LogP contribution in [0.25, 0.3) is 0 Å². The van der Waals surface area contributed by atoms with Crippen LogP contribution in [-0.4, -0.2) is 53.6 Å². The number of anilines is 1. The van der Waals surface area contributed by atoms with Gasteiger partial charge in [-0.15, -0.1) is 0 Å². The van der Waals surface area contributed by atoms with Crippen molar-refractivity contribution in [3.63, 3.8) is 0 Å². The fraction of sp³-hybridized carbons (Fsp3) is 0.294. The predicted molar refractivity (Wildman–Crippen MR) is 87.5 cm³/mol. The molecule has 1 fully saturated rings. The molecule has 24 heavy (non-hydrogen) atoms. The molecule has 0 spiro atoms. The van der Waals surface area contributed by atoms with Gasteiger partial charge in [0.15, 0.2) is 6.61 Å². The van der Waals surface area contributed by atoms with E-state index in [-0.39, 0.29) is 12.5 Å². The molecule has 0 N–H and O–H groups in total. The van der Waals surface area contributed by atoms with Crippen molar-refractivity contribution >= 4 is 11.9 Å². The van der Waals surface area contributed by atoms with Crippen LogP contribution in [0.15, 0.2) is 42.7 Å². The maximum Gasteiger partial charge on any atom is 0.260 e. The van der Waals surface area contributed by atoms with Crippen LogP contribution in [0.2, 0.25) is 0 Å². The first kappa shape index (κ1) is 15.7. The van der Waals surface area contributed by atoms with E-state index in [1.54, 1.807) is 47.6 Å². The number of benzene rings is 1. The number of piperazine rings is 1. The van der Waals surface area contributed by atoms with E-state index >= 15 is 0 Å². The van der Waals surface area contributed by atoms with E-state index in [2.05, 4.69) is 14.9 Å². The first-order valence-electron chi connectivity index (χ1n) is 7.69. The fourth-order valence-corrected chi connectivity index (χ4v) is 2.50. The minimum atomic E-state index is -0.0639. The Morgan fingerprint density at radius 2 is 1.92 bits per heavy atom. The molecule has 1 aromatic carbocycles. The van der Waals surface area contributed by atoms with Crippen molar-refractivity contribution in [3.8, 4) is 11.8 Å². The number of ether oxygens (including phenoxy) is 1. The Balaban J connectivity index is 1.49. The molecule has 1 aliphatic rings. The normalized spacial score (nSPS) is 14.1. The van der Waals surface area contributed by atoms with Crippen molar-refractivity contribution in [1.82, 2.24) is 14.9 Å². The van der Waals surface area contributed by atoms with Crippen LogP contribution in [0.5, 0.6) is 5.75 Å². The third-order valence-electron chi connectivity index (χ3n) is 3.79. The van der Waals surface area contributed by atoms with Gasteiger partial charge in [-0.25, -0.2) is 9.97 Å². The summed E-state index contributed by atoms with van der Waals surface area (Å²) in [6.07, 6.45) is 3.42. The number of amides is 1. The molecule has 0 atom stereocenters. The van der Waals surface area contributed by atoms with Gasteiger partial charge in [-0.3, -0.25) is 4.79 Å². The largest absolute Gasteiger partial charge is 0.484 e. The Morgan fingerprint density at radius 1 is 1.17 bits per heavy atom. The Kier molecular flexibility index (Phi) is 4.87. The molecule has 7 heteroatoms. The van der Waals surface area contributed by atoms with Gasteiger partial charge >= 0.3 is 0 Å². The highest BCUT2D eigenvalue weighted by Crippen LogP contribution is 2.13. The van der Waals surface area contributed by atoms with Gasteiger partial charge in [-0.05, 0) is 24.3 Å². The molecule has 0 bridgehead atoms. The molecule has 2 aromatic rings. The Hall–Kier alpha value is -3.14. The molecule has 0 aliphatic carbocycles. The standard InChI is InChI=1S/C17H17N5O2/c18-12-14-3-1-4-15(11-14)24-13-16(23)21-7-9-22(10-8-21)17-19-5-2-6-20-17/h1-6,11H,7-10,13H2. The number of nitrogens with zero attached hydrogens (tertiary/aromatic N) is 5. The van der Waals surface area contributed by atoms with Crippen LogP contribution in [0.1, 0.15) is 5.56 Å². The van der Waals surface area contributed by atoms with Crippen molar-refractivity contribution in [2.75, 3.05) is 37.7 Å². The van der Waals surface area contributed by atoms with Gasteiger partial charge in [0.25, 0.3) is 5.91 Å². The van der Waals surface area contributed by atoms with Crippen LogP contribution in [-0.2, 0) is 4.79 Å². The molecular weight excluding hydrogens is 306 g/mol. The number of hydrogen-bond acceptors (Lipinski definition) is 6. The number of carbonyl (C=O) groups excluding carboxylic acids is 1. The van der Waals surface area contributed by atoms with Crippen molar-refractivity contribution < 1.29 is 9.53 Å². The zero-order chi connectivity index (χ0) is 16.8. The van der Waals surface area contributed by atoms with Crippen LogP contribution in [0, 0.1) is 11.3 Å². The van der Waals surface area contributed by atoms with E-state index in [0.717, 1.165) is 0 Å². The zero-order valence-electron chi connectivity index (χ0n) is 13.1. The number of rotatable bonds is 4. The molecule has 1 aromatic heterocycles. The third-order valence-corrected chi connectivity index (χ3v) is 3.79. The summed E-state index contributed by atoms with van der Waals surface area (Å²) in [6, 6.07) is 10.6. The van der Waals surface area contributed by atoms with Crippen molar-refractivity contribution in [1.29, 1.82) is 5.26 Å². The van der Waals surface area contributed by atoms with E-state index in [1.165, 1.54) is 0 Å². The summed E-state index contributed by atoms with van der Waals surface area (Å²) in [5.41, 5.74) is 0.511. The van der Waals surface area contributed by atoms with Crippen molar-refractivity contribution in [2.45, 2.75) is 0 Å². The maximum atomic E-state index is 12.3. The van der Waals surface area contributed by atoms with Gasteiger partial charge in [0.1, 0.15) is 5.75 Å². The van der Waals surface area contributed by atoms with Gasteiger partial charge in [-0.2, -0.15) is 5.26 Å². The highest BCUT2D eigenvalue weighted by Gasteiger charge is 2.22. The first-order valence-corrected chi connectivity index (χ1v) is 7.69. The molecule has 0 radical (unpaired) electrons. The van der Waals surface area contributed by atoms with Crippen LogP contribution < -0.4 is 9.64 Å². The summed E-state index contributed by atoms with van der Waals surface area (Å²) < 4.78 is 5.49. The van der Waals surface area contributed by atoms with E-state index < -0.39 is 0 Å². The number of carbonyl (C=O) groups is 1. The molecule has 0 saturated carbocycles. The predicted octanol–water partition coefficient (Wildman–Crippen LogP) is 1.08. The van der Waals surface area contributed by atoms with Crippen LogP contribution >= 0.6 is 0 Å². The molecule has 2 heterocycles. The fourth-order valence-electron chi connectivity index (χ4n) is 2.50. The first-order chi connectivity index (χ1) is 11.8. The Bertz CT molecular complexity index is 736. The number of hydrogen-bond donors (Lipinski definition) is 0. The highest BCUT2D eigenvalue weighted by molar-refractivity contribution is 5.78. The van der Waals surface area contributed by atoms with Gasteiger partial charge in [0.2, 0.25) is 5.95 Å². The van der Waals surface area contributed by atoms with Gasteiger partial charge in [-0.1, -0.05) is 6.07 Å². The molecule has 122 valence electrons. The lowest BCUT2D eigenvalue weighted by atomic mass is 10.2. The number of aromatic nitrogens is 2. The number of nitriles is 1. The lowest BCUT2D eigenvalue weighted by Gasteiger charge is -2.34. The second kappa shape index (κ2) is 7.42. The van der Waals surface area contributed by atoms with E-state index in [4.69, 9.17) is 10.00 Å². The molecule has 3 rings (SSSR count). The molecule has 1 aliphatic heterocycles. The van der Waals surface area contributed by atoms with Crippen LogP contribution in [0.4, 0.5) is 5.95 Å². The molecule has 1 saturated heterocycles. The van der Waals surface area contributed by atoms with E-state index in [9.17, 15) is 4.79 Å². The maximum absolute atomic E-state index is 12.3. The van der Waals surface area contributed by atoms with Crippen molar-refractivity contribution in [2.24, 2.45) is 0 Å². The van der Waals surface area contributed by atoms with Crippen LogP contribution in [0.3, 0.4) is 0 Å². The topological polar surface area (TPSA) is 82.4 Å². The van der Waals surface area contributed by atoms with E-state index in [0.29, 0.717) is 43.4 Å². The highest BCUT2D eigenvalue weighted by atomic mass is 16.5. The van der Waals surface area contributed by atoms with Gasteiger partial charge in [0, 0.05) is 38.6 Å². The third kappa shape index (κ3) is 3.79. The quantitative estimate of drug-likeness (QED) is 0.837. The SMILES string of the molecule is N#Cc1cccc(OCC(=O)N2CCN(c3ncccn3)CC2)c1. The average Bonchev–Trinajstić information content (AvgIpc) is 2.67. The average molecular weight is 323 g/mol. The minimum Gasteiger partial charge on any atom is -0.484 e. The molecule has 1 amide bonds. The molecule has 0 unspecified atom stereocenters. The lowest BCUT2D eigenvalue weighted by molar-refractivity contribution is -0.133.